The minimum absolute atomic E-state index is 0.162. The number of hydrogen-bond acceptors (Lipinski definition) is 7. The molecule has 34 heavy (non-hydrogen) atoms. The van der Waals surface area contributed by atoms with Crippen molar-refractivity contribution in [3.63, 3.8) is 0 Å². The Balaban J connectivity index is 1.47. The third kappa shape index (κ3) is 4.68. The number of anilines is 3. The average molecular weight is 451 g/mol. The molecular weight excluding hydrogens is 428 g/mol. The van der Waals surface area contributed by atoms with Gasteiger partial charge in [0.05, 0.1) is 17.5 Å². The molecule has 168 valence electrons. The van der Waals surface area contributed by atoms with Gasteiger partial charge in [-0.2, -0.15) is 4.98 Å². The van der Waals surface area contributed by atoms with Crippen LogP contribution in [0.3, 0.4) is 0 Å². The smallest absolute Gasteiger partial charge is 0.241 e. The molecule has 9 nitrogen and oxygen atoms in total. The first-order valence-corrected chi connectivity index (χ1v) is 10.7. The fourth-order valence-electron chi connectivity index (χ4n) is 3.67. The molecule has 0 saturated carbocycles. The molecule has 1 amide bonds. The van der Waals surface area contributed by atoms with Crippen molar-refractivity contribution in [1.82, 2.24) is 24.5 Å². The summed E-state index contributed by atoms with van der Waals surface area (Å²) in [5.74, 6) is 1.04. The zero-order chi connectivity index (χ0) is 23.3. The highest BCUT2D eigenvalue weighted by Crippen LogP contribution is 2.24. The molecule has 5 rings (SSSR count). The zero-order valence-electron chi connectivity index (χ0n) is 18.2. The third-order valence-electron chi connectivity index (χ3n) is 5.17. The molecule has 0 aliphatic carbocycles. The third-order valence-corrected chi connectivity index (χ3v) is 5.17. The highest BCUT2D eigenvalue weighted by atomic mass is 16.1. The maximum Gasteiger partial charge on any atom is 0.241 e. The second kappa shape index (κ2) is 9.37. The molecule has 5 aromatic rings. The summed E-state index contributed by atoms with van der Waals surface area (Å²) in [6.45, 7) is 0.604. The summed E-state index contributed by atoms with van der Waals surface area (Å²) >= 11 is 0. The number of carbonyl (C=O) groups is 1. The van der Waals surface area contributed by atoms with Gasteiger partial charge in [0.15, 0.2) is 0 Å². The van der Waals surface area contributed by atoms with Crippen molar-refractivity contribution in [2.45, 2.75) is 13.0 Å². The minimum Gasteiger partial charge on any atom is -0.369 e. The van der Waals surface area contributed by atoms with Crippen molar-refractivity contribution >= 4 is 34.5 Å². The predicted octanol–water partition coefficient (Wildman–Crippen LogP) is 3.59. The molecule has 3 aromatic carbocycles. The molecule has 0 spiro atoms. The standard InChI is InChI=1S/C25H22N8O/c26-22(34)14-18-9-6-10-19(13-18)30-23-28-16-29-25(32-23)33-21-12-5-4-11-20(21)31-24(33)27-15-17-7-2-1-3-8-17/h1-13,16H,14-15H2,(H2,26,34)(H,27,31)(H,28,29,30,32). The van der Waals surface area contributed by atoms with E-state index in [9.17, 15) is 4.79 Å². The van der Waals surface area contributed by atoms with E-state index in [1.165, 1.54) is 6.33 Å². The number of benzene rings is 3. The molecular formula is C25H22N8O. The van der Waals surface area contributed by atoms with Gasteiger partial charge in [-0.05, 0) is 35.4 Å². The van der Waals surface area contributed by atoms with Crippen LogP contribution in [0.25, 0.3) is 17.0 Å². The number of imidazole rings is 1. The number of hydrogen-bond donors (Lipinski definition) is 3. The highest BCUT2D eigenvalue weighted by molar-refractivity contribution is 5.80. The van der Waals surface area contributed by atoms with Crippen molar-refractivity contribution in [3.8, 4) is 5.95 Å². The fourth-order valence-corrected chi connectivity index (χ4v) is 3.67. The second-order valence-electron chi connectivity index (χ2n) is 7.68. The van der Waals surface area contributed by atoms with Gasteiger partial charge in [-0.1, -0.05) is 54.6 Å². The number of primary amides is 1. The van der Waals surface area contributed by atoms with Gasteiger partial charge in [-0.25, -0.2) is 19.5 Å². The van der Waals surface area contributed by atoms with Crippen LogP contribution in [0.4, 0.5) is 17.6 Å². The number of aromatic nitrogens is 5. The first-order chi connectivity index (χ1) is 16.7. The summed E-state index contributed by atoms with van der Waals surface area (Å²) in [7, 11) is 0. The van der Waals surface area contributed by atoms with Crippen LogP contribution in [0.1, 0.15) is 11.1 Å². The summed E-state index contributed by atoms with van der Waals surface area (Å²) in [5, 5.41) is 6.58. The van der Waals surface area contributed by atoms with Gasteiger partial charge >= 0.3 is 0 Å². The highest BCUT2D eigenvalue weighted by Gasteiger charge is 2.15. The van der Waals surface area contributed by atoms with E-state index in [1.807, 2.05) is 71.3 Å². The van der Waals surface area contributed by atoms with Crippen molar-refractivity contribution in [1.29, 1.82) is 0 Å². The van der Waals surface area contributed by atoms with Crippen molar-refractivity contribution < 1.29 is 4.79 Å². The predicted molar refractivity (Wildman–Crippen MR) is 131 cm³/mol. The summed E-state index contributed by atoms with van der Waals surface area (Å²) in [6, 6.07) is 25.3. The molecule has 4 N–H and O–H groups in total. The van der Waals surface area contributed by atoms with Crippen LogP contribution >= 0.6 is 0 Å². The van der Waals surface area contributed by atoms with Gasteiger partial charge in [0.25, 0.3) is 0 Å². The van der Waals surface area contributed by atoms with Crippen LogP contribution < -0.4 is 16.4 Å². The average Bonchev–Trinajstić information content (AvgIpc) is 3.22. The van der Waals surface area contributed by atoms with Crippen LogP contribution in [-0.4, -0.2) is 30.4 Å². The lowest BCUT2D eigenvalue weighted by Crippen LogP contribution is -2.13. The van der Waals surface area contributed by atoms with Crippen LogP contribution in [0, 0.1) is 0 Å². The lowest BCUT2D eigenvalue weighted by atomic mass is 10.1. The Hall–Kier alpha value is -4.79. The molecule has 9 heteroatoms. The van der Waals surface area contributed by atoms with Gasteiger partial charge in [0, 0.05) is 12.2 Å². The first kappa shape index (κ1) is 21.1. The summed E-state index contributed by atoms with van der Waals surface area (Å²) in [4.78, 5) is 29.3. The molecule has 0 radical (unpaired) electrons. The molecule has 0 aliphatic rings. The summed E-state index contributed by atoms with van der Waals surface area (Å²) in [5.41, 5.74) is 9.70. The maximum atomic E-state index is 11.3. The number of nitrogens with zero attached hydrogens (tertiary/aromatic N) is 5. The molecule has 0 saturated heterocycles. The number of amides is 1. The van der Waals surface area contributed by atoms with Crippen LogP contribution in [0.5, 0.6) is 0 Å². The van der Waals surface area contributed by atoms with Crippen molar-refractivity contribution in [2.75, 3.05) is 10.6 Å². The second-order valence-corrected chi connectivity index (χ2v) is 7.68. The van der Waals surface area contributed by atoms with Crippen molar-refractivity contribution in [3.05, 3.63) is 96.3 Å². The Labute approximate surface area is 195 Å². The minimum atomic E-state index is -0.387. The molecule has 0 bridgehead atoms. The van der Waals surface area contributed by atoms with E-state index in [4.69, 9.17) is 10.7 Å². The zero-order valence-corrected chi connectivity index (χ0v) is 18.2. The van der Waals surface area contributed by atoms with E-state index in [2.05, 4.69) is 37.7 Å². The molecule has 0 atom stereocenters. The number of nitrogens with one attached hydrogen (secondary N) is 2. The molecule has 0 unspecified atom stereocenters. The molecule has 2 aromatic heterocycles. The van der Waals surface area contributed by atoms with Crippen LogP contribution in [0.2, 0.25) is 0 Å². The molecule has 0 fully saturated rings. The Bertz CT molecular complexity index is 1450. The Morgan fingerprint density at radius 3 is 2.53 bits per heavy atom. The van der Waals surface area contributed by atoms with Gasteiger partial charge in [-0.3, -0.25) is 4.79 Å². The summed E-state index contributed by atoms with van der Waals surface area (Å²) in [6.07, 6.45) is 1.61. The topological polar surface area (TPSA) is 124 Å². The van der Waals surface area contributed by atoms with Gasteiger partial charge in [-0.15, -0.1) is 0 Å². The van der Waals surface area contributed by atoms with Gasteiger partial charge < -0.3 is 16.4 Å². The van der Waals surface area contributed by atoms with E-state index in [0.29, 0.717) is 24.4 Å². The molecule has 2 heterocycles. The van der Waals surface area contributed by atoms with Crippen molar-refractivity contribution in [2.24, 2.45) is 5.73 Å². The van der Waals surface area contributed by atoms with E-state index < -0.39 is 0 Å². The van der Waals surface area contributed by atoms with Gasteiger partial charge in [0.2, 0.25) is 23.8 Å². The van der Waals surface area contributed by atoms with E-state index in [0.717, 1.165) is 27.8 Å². The Morgan fingerprint density at radius 2 is 1.68 bits per heavy atom. The van der Waals surface area contributed by atoms with E-state index >= 15 is 0 Å². The lowest BCUT2D eigenvalue weighted by Gasteiger charge is -2.11. The fraction of sp³-hybridized carbons (Fsp3) is 0.0800. The van der Waals surface area contributed by atoms with Crippen LogP contribution in [0.15, 0.2) is 85.2 Å². The Morgan fingerprint density at radius 1 is 0.882 bits per heavy atom. The normalized spacial score (nSPS) is 10.8. The number of carbonyl (C=O) groups excluding carboxylic acids is 1. The lowest BCUT2D eigenvalue weighted by molar-refractivity contribution is -0.117. The summed E-state index contributed by atoms with van der Waals surface area (Å²) < 4.78 is 1.87. The monoisotopic (exact) mass is 450 g/mol. The number of para-hydroxylation sites is 2. The number of nitrogens with two attached hydrogens (primary N) is 1. The number of fused-ring (bicyclic) bond motifs is 1. The number of rotatable bonds is 8. The Kier molecular flexibility index (Phi) is 5.81. The van der Waals surface area contributed by atoms with E-state index in [-0.39, 0.29) is 12.3 Å². The van der Waals surface area contributed by atoms with E-state index in [1.54, 1.807) is 0 Å². The first-order valence-electron chi connectivity index (χ1n) is 10.7. The largest absolute Gasteiger partial charge is 0.369 e. The SMILES string of the molecule is NC(=O)Cc1cccc(Nc2ncnc(-n3c(NCc4ccccc4)nc4ccccc43)n2)c1. The maximum absolute atomic E-state index is 11.3. The molecule has 0 aliphatic heterocycles. The van der Waals surface area contributed by atoms with Gasteiger partial charge in [0.1, 0.15) is 6.33 Å². The quantitative estimate of drug-likeness (QED) is 0.330. The van der Waals surface area contributed by atoms with Crippen LogP contribution in [-0.2, 0) is 17.8 Å².